The number of carbonyl (C=O) groups excluding carboxylic acids is 1. The standard InChI is InChI=1S/C23H19ClN2OS/c1-16-7-5-10-18-13-19(22(24)25-21(16)18)15-26(14-17-8-3-2-4-9-17)23(27)20-11-6-12-28-20/h2-13H,14-15H2,1H3. The second-order valence-electron chi connectivity index (χ2n) is 6.71. The SMILES string of the molecule is Cc1cccc2cc(CN(Cc3ccccc3)C(=O)c3cccs3)c(Cl)nc12. The van der Waals surface area contributed by atoms with Gasteiger partial charge in [-0.1, -0.05) is 66.2 Å². The molecule has 0 aliphatic carbocycles. The van der Waals surface area contributed by atoms with E-state index in [1.54, 1.807) is 0 Å². The molecular weight excluding hydrogens is 388 g/mol. The topological polar surface area (TPSA) is 33.2 Å². The molecule has 4 rings (SSSR count). The average Bonchev–Trinajstić information content (AvgIpc) is 3.24. The van der Waals surface area contributed by atoms with Gasteiger partial charge in [0.1, 0.15) is 5.15 Å². The van der Waals surface area contributed by atoms with Crippen LogP contribution in [0.4, 0.5) is 0 Å². The highest BCUT2D eigenvalue weighted by Gasteiger charge is 2.19. The molecule has 0 N–H and O–H groups in total. The van der Waals surface area contributed by atoms with E-state index < -0.39 is 0 Å². The molecule has 2 aromatic carbocycles. The molecule has 2 aromatic heterocycles. The van der Waals surface area contributed by atoms with E-state index in [9.17, 15) is 4.79 Å². The number of para-hydroxylation sites is 1. The smallest absolute Gasteiger partial charge is 0.264 e. The van der Waals surface area contributed by atoms with Crippen LogP contribution in [0.5, 0.6) is 0 Å². The Morgan fingerprint density at radius 3 is 2.61 bits per heavy atom. The third-order valence-corrected chi connectivity index (χ3v) is 5.86. The lowest BCUT2D eigenvalue weighted by atomic mass is 10.1. The number of nitrogens with zero attached hydrogens (tertiary/aromatic N) is 2. The van der Waals surface area contributed by atoms with Gasteiger partial charge in [0.25, 0.3) is 5.91 Å². The Bertz CT molecular complexity index is 1110. The molecule has 28 heavy (non-hydrogen) atoms. The molecule has 0 saturated carbocycles. The second kappa shape index (κ2) is 8.13. The van der Waals surface area contributed by atoms with Crippen molar-refractivity contribution in [3.8, 4) is 0 Å². The summed E-state index contributed by atoms with van der Waals surface area (Å²) in [6.45, 7) is 2.94. The number of rotatable bonds is 5. The minimum atomic E-state index is -0.000686. The van der Waals surface area contributed by atoms with Crippen molar-refractivity contribution in [3.63, 3.8) is 0 Å². The summed E-state index contributed by atoms with van der Waals surface area (Å²) in [4.78, 5) is 20.2. The van der Waals surface area contributed by atoms with Crippen LogP contribution in [0.2, 0.25) is 5.15 Å². The van der Waals surface area contributed by atoms with Crippen molar-refractivity contribution < 1.29 is 4.79 Å². The third kappa shape index (κ3) is 3.93. The van der Waals surface area contributed by atoms with Crippen molar-refractivity contribution in [1.29, 1.82) is 0 Å². The van der Waals surface area contributed by atoms with E-state index in [2.05, 4.69) is 4.98 Å². The van der Waals surface area contributed by atoms with Crippen LogP contribution >= 0.6 is 22.9 Å². The molecule has 3 nitrogen and oxygen atoms in total. The van der Waals surface area contributed by atoms with E-state index in [-0.39, 0.29) is 5.91 Å². The van der Waals surface area contributed by atoms with Gasteiger partial charge in [0.2, 0.25) is 0 Å². The number of thiophene rings is 1. The zero-order valence-electron chi connectivity index (χ0n) is 15.4. The number of hydrogen-bond acceptors (Lipinski definition) is 3. The highest BCUT2D eigenvalue weighted by molar-refractivity contribution is 7.12. The average molecular weight is 407 g/mol. The van der Waals surface area contributed by atoms with Crippen LogP contribution in [-0.2, 0) is 13.1 Å². The van der Waals surface area contributed by atoms with Crippen LogP contribution in [-0.4, -0.2) is 15.8 Å². The Kier molecular flexibility index (Phi) is 5.42. The van der Waals surface area contributed by atoms with E-state index in [1.807, 2.05) is 83.9 Å². The number of benzene rings is 2. The van der Waals surface area contributed by atoms with Crippen LogP contribution < -0.4 is 0 Å². The maximum absolute atomic E-state index is 13.1. The Hall–Kier alpha value is -2.69. The first-order valence-electron chi connectivity index (χ1n) is 9.03. The zero-order chi connectivity index (χ0) is 19.5. The minimum absolute atomic E-state index is 0.000686. The molecule has 0 spiro atoms. The quantitative estimate of drug-likeness (QED) is 0.375. The first kappa shape index (κ1) is 18.7. The van der Waals surface area contributed by atoms with Crippen LogP contribution in [0, 0.1) is 6.92 Å². The van der Waals surface area contributed by atoms with Crippen LogP contribution in [0.25, 0.3) is 10.9 Å². The van der Waals surface area contributed by atoms with E-state index >= 15 is 0 Å². The summed E-state index contributed by atoms with van der Waals surface area (Å²) in [6, 6.07) is 21.8. The van der Waals surface area contributed by atoms with E-state index in [0.29, 0.717) is 18.2 Å². The van der Waals surface area contributed by atoms with Gasteiger partial charge in [-0.25, -0.2) is 4.98 Å². The molecule has 0 unspecified atom stereocenters. The summed E-state index contributed by atoms with van der Waals surface area (Å²) in [5.41, 5.74) is 3.91. The number of hydrogen-bond donors (Lipinski definition) is 0. The van der Waals surface area contributed by atoms with Crippen molar-refractivity contribution in [2.75, 3.05) is 0 Å². The van der Waals surface area contributed by atoms with Crippen molar-refractivity contribution in [1.82, 2.24) is 9.88 Å². The lowest BCUT2D eigenvalue weighted by molar-refractivity contribution is 0.0735. The van der Waals surface area contributed by atoms with Crippen LogP contribution in [0.3, 0.4) is 0 Å². The summed E-state index contributed by atoms with van der Waals surface area (Å²) in [5, 5.41) is 3.39. The Morgan fingerprint density at radius 2 is 1.86 bits per heavy atom. The molecule has 0 bridgehead atoms. The summed E-state index contributed by atoms with van der Waals surface area (Å²) >= 11 is 7.95. The molecule has 5 heteroatoms. The maximum Gasteiger partial charge on any atom is 0.264 e. The monoisotopic (exact) mass is 406 g/mol. The molecule has 0 aliphatic heterocycles. The highest BCUT2D eigenvalue weighted by Crippen LogP contribution is 2.25. The van der Waals surface area contributed by atoms with Gasteiger partial charge in [-0.3, -0.25) is 4.79 Å². The third-order valence-electron chi connectivity index (χ3n) is 4.67. The normalized spacial score (nSPS) is 10.9. The van der Waals surface area contributed by atoms with Gasteiger partial charge in [0.05, 0.1) is 10.4 Å². The minimum Gasteiger partial charge on any atom is -0.329 e. The second-order valence-corrected chi connectivity index (χ2v) is 8.01. The zero-order valence-corrected chi connectivity index (χ0v) is 17.0. The number of amides is 1. The maximum atomic E-state index is 13.1. The predicted octanol–water partition coefficient (Wildman–Crippen LogP) is 6.10. The van der Waals surface area contributed by atoms with Crippen molar-refractivity contribution in [2.45, 2.75) is 20.0 Å². The fraction of sp³-hybridized carbons (Fsp3) is 0.130. The lowest BCUT2D eigenvalue weighted by Crippen LogP contribution is -2.29. The van der Waals surface area contributed by atoms with E-state index in [0.717, 1.165) is 32.5 Å². The molecule has 140 valence electrons. The molecule has 0 fully saturated rings. The number of fused-ring (bicyclic) bond motifs is 1. The Morgan fingerprint density at radius 1 is 1.04 bits per heavy atom. The molecular formula is C23H19ClN2OS. The summed E-state index contributed by atoms with van der Waals surface area (Å²) in [6.07, 6.45) is 0. The van der Waals surface area contributed by atoms with E-state index in [4.69, 9.17) is 11.6 Å². The number of pyridine rings is 1. The van der Waals surface area contributed by atoms with Crippen LogP contribution in [0.15, 0.2) is 72.1 Å². The fourth-order valence-electron chi connectivity index (χ4n) is 3.24. The summed E-state index contributed by atoms with van der Waals surface area (Å²) in [7, 11) is 0. The van der Waals surface area contributed by atoms with Gasteiger partial charge in [-0.2, -0.15) is 0 Å². The van der Waals surface area contributed by atoms with Gasteiger partial charge in [0.15, 0.2) is 0 Å². The molecule has 1 amide bonds. The first-order chi connectivity index (χ1) is 13.6. The van der Waals surface area contributed by atoms with Gasteiger partial charge in [-0.05, 0) is 35.6 Å². The van der Waals surface area contributed by atoms with Crippen molar-refractivity contribution in [2.24, 2.45) is 0 Å². The lowest BCUT2D eigenvalue weighted by Gasteiger charge is -2.23. The molecule has 2 heterocycles. The number of aromatic nitrogens is 1. The molecule has 0 saturated heterocycles. The molecule has 4 aromatic rings. The van der Waals surface area contributed by atoms with Crippen molar-refractivity contribution >= 4 is 39.7 Å². The predicted molar refractivity (Wildman–Crippen MR) is 116 cm³/mol. The molecule has 0 aliphatic rings. The Balaban J connectivity index is 1.70. The fourth-order valence-corrected chi connectivity index (χ4v) is 4.13. The largest absolute Gasteiger partial charge is 0.329 e. The summed E-state index contributed by atoms with van der Waals surface area (Å²) in [5.74, 6) is -0.000686. The number of carbonyl (C=O) groups is 1. The van der Waals surface area contributed by atoms with Crippen molar-refractivity contribution in [3.05, 3.63) is 98.8 Å². The first-order valence-corrected chi connectivity index (χ1v) is 10.3. The number of halogens is 1. The Labute approximate surface area is 173 Å². The molecule has 0 radical (unpaired) electrons. The van der Waals surface area contributed by atoms with Gasteiger partial charge >= 0.3 is 0 Å². The van der Waals surface area contributed by atoms with Gasteiger partial charge in [-0.15, -0.1) is 11.3 Å². The van der Waals surface area contributed by atoms with Crippen LogP contribution in [0.1, 0.15) is 26.4 Å². The molecule has 0 atom stereocenters. The van der Waals surface area contributed by atoms with Gasteiger partial charge in [0, 0.05) is 24.0 Å². The number of aryl methyl sites for hydroxylation is 1. The highest BCUT2D eigenvalue weighted by atomic mass is 35.5. The van der Waals surface area contributed by atoms with Gasteiger partial charge < -0.3 is 4.90 Å². The van der Waals surface area contributed by atoms with E-state index in [1.165, 1.54) is 11.3 Å². The summed E-state index contributed by atoms with van der Waals surface area (Å²) < 4.78 is 0.